The van der Waals surface area contributed by atoms with Gasteiger partial charge >= 0.3 is 0 Å². The lowest BCUT2D eigenvalue weighted by atomic mass is 10.3. The molecule has 0 radical (unpaired) electrons. The van der Waals surface area contributed by atoms with E-state index in [-0.39, 0.29) is 11.8 Å². The van der Waals surface area contributed by atoms with Crippen LogP contribution < -0.4 is 0 Å². The standard InChI is InChI=1S/C9H11NO3/c1-7(11)10(8(2)12)9-5-3-4-6-13-9/h3-6,9H,1-2H3. The summed E-state index contributed by atoms with van der Waals surface area (Å²) >= 11 is 0. The second-order valence-electron chi connectivity index (χ2n) is 2.65. The number of rotatable bonds is 1. The third-order valence-corrected chi connectivity index (χ3v) is 1.62. The summed E-state index contributed by atoms with van der Waals surface area (Å²) in [6.07, 6.45) is 5.91. The lowest BCUT2D eigenvalue weighted by Gasteiger charge is -2.25. The van der Waals surface area contributed by atoms with Crippen molar-refractivity contribution in [2.24, 2.45) is 0 Å². The zero-order valence-corrected chi connectivity index (χ0v) is 7.56. The predicted octanol–water partition coefficient (Wildman–Crippen LogP) is 0.808. The molecule has 4 heteroatoms. The molecule has 1 heterocycles. The van der Waals surface area contributed by atoms with Gasteiger partial charge in [0.15, 0.2) is 6.23 Å². The van der Waals surface area contributed by atoms with Crippen molar-refractivity contribution in [3.05, 3.63) is 24.5 Å². The maximum absolute atomic E-state index is 11.1. The van der Waals surface area contributed by atoms with E-state index < -0.39 is 6.23 Å². The second kappa shape index (κ2) is 3.89. The van der Waals surface area contributed by atoms with E-state index in [2.05, 4.69) is 0 Å². The summed E-state index contributed by atoms with van der Waals surface area (Å²) in [5.74, 6) is -0.644. The molecule has 2 amide bonds. The normalized spacial score (nSPS) is 19.4. The Morgan fingerprint density at radius 3 is 2.23 bits per heavy atom. The molecule has 0 fully saturated rings. The van der Waals surface area contributed by atoms with Crippen LogP contribution in [0.3, 0.4) is 0 Å². The number of allylic oxidation sites excluding steroid dienone is 2. The number of ether oxygens (including phenoxy) is 1. The molecule has 0 aliphatic carbocycles. The number of carbonyl (C=O) groups excluding carboxylic acids is 2. The first-order chi connectivity index (χ1) is 6.13. The van der Waals surface area contributed by atoms with E-state index in [9.17, 15) is 9.59 Å². The van der Waals surface area contributed by atoms with E-state index in [0.29, 0.717) is 0 Å². The van der Waals surface area contributed by atoms with Gasteiger partial charge in [-0.1, -0.05) is 6.08 Å². The minimum absolute atomic E-state index is 0.322. The third-order valence-electron chi connectivity index (χ3n) is 1.62. The highest BCUT2D eigenvalue weighted by molar-refractivity contribution is 5.93. The Hall–Kier alpha value is -1.58. The maximum Gasteiger partial charge on any atom is 0.229 e. The third kappa shape index (κ3) is 2.18. The van der Waals surface area contributed by atoms with Crippen molar-refractivity contribution in [2.45, 2.75) is 20.1 Å². The van der Waals surface area contributed by atoms with E-state index in [1.54, 1.807) is 18.2 Å². The van der Waals surface area contributed by atoms with Gasteiger partial charge in [-0.3, -0.25) is 9.59 Å². The molecular weight excluding hydrogens is 170 g/mol. The molecule has 1 rings (SSSR count). The number of nitrogens with zero attached hydrogens (tertiary/aromatic N) is 1. The topological polar surface area (TPSA) is 46.6 Å². The Morgan fingerprint density at radius 2 is 1.85 bits per heavy atom. The largest absolute Gasteiger partial charge is 0.474 e. The van der Waals surface area contributed by atoms with Gasteiger partial charge in [0, 0.05) is 13.8 Å². The van der Waals surface area contributed by atoms with Gasteiger partial charge in [-0.2, -0.15) is 0 Å². The summed E-state index contributed by atoms with van der Waals surface area (Å²) in [6, 6.07) is 0. The van der Waals surface area contributed by atoms with Gasteiger partial charge in [0.25, 0.3) is 0 Å². The van der Waals surface area contributed by atoms with E-state index in [1.807, 2.05) is 0 Å². The number of hydrogen-bond acceptors (Lipinski definition) is 3. The average Bonchev–Trinajstić information content (AvgIpc) is 2.04. The van der Waals surface area contributed by atoms with Crippen LogP contribution in [-0.4, -0.2) is 22.9 Å². The molecular formula is C9H11NO3. The van der Waals surface area contributed by atoms with E-state index in [0.717, 1.165) is 4.90 Å². The molecule has 70 valence electrons. The van der Waals surface area contributed by atoms with Crippen molar-refractivity contribution < 1.29 is 14.3 Å². The highest BCUT2D eigenvalue weighted by atomic mass is 16.5. The van der Waals surface area contributed by atoms with Crippen molar-refractivity contribution in [3.63, 3.8) is 0 Å². The number of imide groups is 1. The molecule has 1 aliphatic heterocycles. The van der Waals surface area contributed by atoms with Crippen LogP contribution >= 0.6 is 0 Å². The van der Waals surface area contributed by atoms with E-state index in [1.165, 1.54) is 20.1 Å². The van der Waals surface area contributed by atoms with Crippen LogP contribution in [0, 0.1) is 0 Å². The molecule has 0 aromatic heterocycles. The van der Waals surface area contributed by atoms with Crippen LogP contribution in [-0.2, 0) is 14.3 Å². The van der Waals surface area contributed by atoms with Gasteiger partial charge in [0.05, 0.1) is 6.26 Å². The molecule has 0 spiro atoms. The van der Waals surface area contributed by atoms with Crippen LogP contribution in [0.2, 0.25) is 0 Å². The van der Waals surface area contributed by atoms with Crippen molar-refractivity contribution in [1.29, 1.82) is 0 Å². The first kappa shape index (κ1) is 9.51. The van der Waals surface area contributed by atoms with Gasteiger partial charge in [0.2, 0.25) is 11.8 Å². The molecule has 0 aromatic rings. The Kier molecular flexibility index (Phi) is 2.84. The van der Waals surface area contributed by atoms with Crippen LogP contribution in [0.15, 0.2) is 24.5 Å². The molecule has 0 bridgehead atoms. The van der Waals surface area contributed by atoms with Crippen LogP contribution in [0.1, 0.15) is 13.8 Å². The quantitative estimate of drug-likeness (QED) is 0.601. The van der Waals surface area contributed by atoms with Gasteiger partial charge in [-0.05, 0) is 12.2 Å². The summed E-state index contributed by atoms with van der Waals surface area (Å²) in [7, 11) is 0. The maximum atomic E-state index is 11.1. The molecule has 1 aliphatic rings. The predicted molar refractivity (Wildman–Crippen MR) is 46.4 cm³/mol. The molecule has 0 N–H and O–H groups in total. The molecule has 4 nitrogen and oxygen atoms in total. The van der Waals surface area contributed by atoms with Crippen LogP contribution in [0.5, 0.6) is 0 Å². The Balaban J connectivity index is 2.76. The minimum atomic E-state index is -0.597. The van der Waals surface area contributed by atoms with Gasteiger partial charge < -0.3 is 4.74 Å². The zero-order chi connectivity index (χ0) is 9.84. The highest BCUT2D eigenvalue weighted by Gasteiger charge is 2.23. The molecule has 1 unspecified atom stereocenters. The molecule has 1 atom stereocenters. The fourth-order valence-electron chi connectivity index (χ4n) is 1.10. The SMILES string of the molecule is CC(=O)N(C(C)=O)C1C=CC=CO1. The first-order valence-electron chi connectivity index (χ1n) is 3.92. The Labute approximate surface area is 76.5 Å². The molecule has 0 saturated carbocycles. The monoisotopic (exact) mass is 181 g/mol. The summed E-state index contributed by atoms with van der Waals surface area (Å²) in [4.78, 5) is 23.2. The molecule has 13 heavy (non-hydrogen) atoms. The zero-order valence-electron chi connectivity index (χ0n) is 7.56. The fraction of sp³-hybridized carbons (Fsp3) is 0.333. The van der Waals surface area contributed by atoms with Crippen LogP contribution in [0.25, 0.3) is 0 Å². The second-order valence-corrected chi connectivity index (χ2v) is 2.65. The molecule has 0 aromatic carbocycles. The smallest absolute Gasteiger partial charge is 0.229 e. The van der Waals surface area contributed by atoms with Gasteiger partial charge in [-0.25, -0.2) is 4.90 Å². The minimum Gasteiger partial charge on any atom is -0.474 e. The average molecular weight is 181 g/mol. The summed E-state index contributed by atoms with van der Waals surface area (Å²) in [6.45, 7) is 2.66. The van der Waals surface area contributed by atoms with Crippen LogP contribution in [0.4, 0.5) is 0 Å². The molecule has 0 saturated heterocycles. The van der Waals surface area contributed by atoms with Crippen molar-refractivity contribution in [1.82, 2.24) is 4.90 Å². The number of hydrogen-bond donors (Lipinski definition) is 0. The Morgan fingerprint density at radius 1 is 1.23 bits per heavy atom. The van der Waals surface area contributed by atoms with Gasteiger partial charge in [-0.15, -0.1) is 0 Å². The summed E-state index contributed by atoms with van der Waals surface area (Å²) in [5, 5.41) is 0. The fourth-order valence-corrected chi connectivity index (χ4v) is 1.10. The highest BCUT2D eigenvalue weighted by Crippen LogP contribution is 2.09. The van der Waals surface area contributed by atoms with Crippen molar-refractivity contribution >= 4 is 11.8 Å². The summed E-state index contributed by atoms with van der Waals surface area (Å²) in [5.41, 5.74) is 0. The number of amides is 2. The van der Waals surface area contributed by atoms with E-state index >= 15 is 0 Å². The lowest BCUT2D eigenvalue weighted by Crippen LogP contribution is -2.42. The van der Waals surface area contributed by atoms with Gasteiger partial charge in [0.1, 0.15) is 0 Å². The lowest BCUT2D eigenvalue weighted by molar-refractivity contribution is -0.150. The number of carbonyl (C=O) groups is 2. The first-order valence-corrected chi connectivity index (χ1v) is 3.92. The van der Waals surface area contributed by atoms with Crippen molar-refractivity contribution in [2.75, 3.05) is 0 Å². The van der Waals surface area contributed by atoms with Crippen molar-refractivity contribution in [3.8, 4) is 0 Å². The Bertz CT molecular complexity index is 267. The summed E-state index contributed by atoms with van der Waals surface area (Å²) < 4.78 is 5.08. The van der Waals surface area contributed by atoms with E-state index in [4.69, 9.17) is 4.74 Å².